The number of aryl methyl sites for hydroxylation is 1. The first-order valence-electron chi connectivity index (χ1n) is 6.45. The Morgan fingerprint density at radius 2 is 1.85 bits per heavy atom. The average Bonchev–Trinajstić information content (AvgIpc) is 2.42. The molecule has 0 spiro atoms. The fourth-order valence-electron chi connectivity index (χ4n) is 2.25. The Hall–Kier alpha value is -1.02. The Kier molecular flexibility index (Phi) is 4.43. The summed E-state index contributed by atoms with van der Waals surface area (Å²) in [6.07, 6.45) is 0. The summed E-state index contributed by atoms with van der Waals surface area (Å²) in [5, 5.41) is 9.12. The van der Waals surface area contributed by atoms with Crippen LogP contribution in [0.4, 0.5) is 4.39 Å². The summed E-state index contributed by atoms with van der Waals surface area (Å²) in [5.74, 6) is -0.551. The van der Waals surface area contributed by atoms with Crippen molar-refractivity contribution in [2.24, 2.45) is 0 Å². The lowest BCUT2D eigenvalue weighted by Gasteiger charge is -2.31. The maximum Gasteiger partial charge on any atom is 0.243 e. The Balaban J connectivity index is 2.37. The third-order valence-electron chi connectivity index (χ3n) is 3.57. The molecule has 1 N–H and O–H groups in total. The minimum atomic E-state index is -3.63. The van der Waals surface area contributed by atoms with Crippen LogP contribution >= 0.6 is 0 Å². The molecular weight excluding hydrogens is 283 g/mol. The van der Waals surface area contributed by atoms with Crippen LogP contribution in [-0.4, -0.2) is 56.0 Å². The molecule has 0 bridgehead atoms. The molecule has 0 amide bonds. The molecule has 7 heteroatoms. The largest absolute Gasteiger partial charge is 0.392 e. The van der Waals surface area contributed by atoms with Crippen LogP contribution in [0.25, 0.3) is 0 Å². The van der Waals surface area contributed by atoms with Crippen molar-refractivity contribution in [2.45, 2.75) is 18.4 Å². The zero-order valence-corrected chi connectivity index (χ0v) is 12.5. The average molecular weight is 302 g/mol. The van der Waals surface area contributed by atoms with Crippen molar-refractivity contribution in [3.8, 4) is 0 Å². The Morgan fingerprint density at radius 1 is 1.25 bits per heavy atom. The van der Waals surface area contributed by atoms with E-state index in [2.05, 4.69) is 4.90 Å². The first-order chi connectivity index (χ1) is 9.36. The number of hydrogen-bond acceptors (Lipinski definition) is 4. The highest BCUT2D eigenvalue weighted by Gasteiger charge is 2.28. The van der Waals surface area contributed by atoms with Crippen molar-refractivity contribution in [3.05, 3.63) is 29.1 Å². The molecule has 1 aromatic carbocycles. The van der Waals surface area contributed by atoms with Crippen molar-refractivity contribution < 1.29 is 17.9 Å². The normalized spacial score (nSPS) is 18.4. The van der Waals surface area contributed by atoms with Crippen molar-refractivity contribution in [1.29, 1.82) is 0 Å². The molecule has 20 heavy (non-hydrogen) atoms. The number of benzene rings is 1. The summed E-state index contributed by atoms with van der Waals surface area (Å²) >= 11 is 0. The lowest BCUT2D eigenvalue weighted by Crippen LogP contribution is -2.47. The predicted octanol–water partition coefficient (Wildman–Crippen LogP) is 0.563. The van der Waals surface area contributed by atoms with Crippen molar-refractivity contribution in [2.75, 3.05) is 33.2 Å². The van der Waals surface area contributed by atoms with E-state index in [4.69, 9.17) is 5.11 Å². The fourth-order valence-corrected chi connectivity index (χ4v) is 3.81. The molecule has 1 aromatic rings. The Labute approximate surface area is 118 Å². The van der Waals surface area contributed by atoms with Gasteiger partial charge < -0.3 is 10.0 Å². The van der Waals surface area contributed by atoms with Crippen LogP contribution in [0.5, 0.6) is 0 Å². The van der Waals surface area contributed by atoms with Crippen molar-refractivity contribution in [3.63, 3.8) is 0 Å². The summed E-state index contributed by atoms with van der Waals surface area (Å²) < 4.78 is 40.1. The van der Waals surface area contributed by atoms with Gasteiger partial charge in [0.15, 0.2) is 0 Å². The molecule has 1 aliphatic rings. The molecule has 1 fully saturated rings. The number of aliphatic hydroxyl groups is 1. The van der Waals surface area contributed by atoms with Gasteiger partial charge in [-0.1, -0.05) is 0 Å². The quantitative estimate of drug-likeness (QED) is 0.886. The molecule has 0 atom stereocenters. The summed E-state index contributed by atoms with van der Waals surface area (Å²) in [5.41, 5.74) is 0.238. The maximum atomic E-state index is 13.7. The van der Waals surface area contributed by atoms with Gasteiger partial charge in [-0.05, 0) is 31.7 Å². The van der Waals surface area contributed by atoms with Crippen LogP contribution in [0, 0.1) is 12.7 Å². The molecular formula is C13H19FN2O3S. The monoisotopic (exact) mass is 302 g/mol. The van der Waals surface area contributed by atoms with Gasteiger partial charge in [-0.2, -0.15) is 4.31 Å². The van der Waals surface area contributed by atoms with Crippen LogP contribution in [0.3, 0.4) is 0 Å². The molecule has 1 heterocycles. The number of aliphatic hydroxyl groups excluding tert-OH is 1. The van der Waals surface area contributed by atoms with Gasteiger partial charge in [0.05, 0.1) is 11.5 Å². The van der Waals surface area contributed by atoms with E-state index >= 15 is 0 Å². The number of likely N-dealkylation sites (N-methyl/N-ethyl adjacent to an activating group) is 1. The van der Waals surface area contributed by atoms with Gasteiger partial charge in [-0.25, -0.2) is 12.8 Å². The van der Waals surface area contributed by atoms with E-state index in [1.54, 1.807) is 0 Å². The van der Waals surface area contributed by atoms with Crippen LogP contribution < -0.4 is 0 Å². The van der Waals surface area contributed by atoms with E-state index in [9.17, 15) is 12.8 Å². The second kappa shape index (κ2) is 5.77. The third-order valence-corrected chi connectivity index (χ3v) is 5.45. The summed E-state index contributed by atoms with van der Waals surface area (Å²) in [6.45, 7) is 3.17. The molecule has 5 nitrogen and oxygen atoms in total. The predicted molar refractivity (Wildman–Crippen MR) is 73.3 cm³/mol. The number of halogens is 1. The van der Waals surface area contributed by atoms with Crippen LogP contribution in [0.2, 0.25) is 0 Å². The van der Waals surface area contributed by atoms with E-state index < -0.39 is 22.4 Å². The van der Waals surface area contributed by atoms with Crippen LogP contribution in [0.1, 0.15) is 11.1 Å². The van der Waals surface area contributed by atoms with E-state index in [0.717, 1.165) is 0 Å². The van der Waals surface area contributed by atoms with Crippen molar-refractivity contribution in [1.82, 2.24) is 9.21 Å². The molecule has 0 unspecified atom stereocenters. The first kappa shape index (κ1) is 15.4. The van der Waals surface area contributed by atoms with Gasteiger partial charge in [-0.15, -0.1) is 0 Å². The van der Waals surface area contributed by atoms with E-state index in [-0.39, 0.29) is 16.0 Å². The summed E-state index contributed by atoms with van der Waals surface area (Å²) in [7, 11) is -1.69. The van der Waals surface area contributed by atoms with Crippen molar-refractivity contribution >= 4 is 10.0 Å². The molecule has 0 aromatic heterocycles. The minimum Gasteiger partial charge on any atom is -0.392 e. The number of rotatable bonds is 3. The van der Waals surface area contributed by atoms with Crippen LogP contribution in [-0.2, 0) is 16.6 Å². The smallest absolute Gasteiger partial charge is 0.243 e. The highest BCUT2D eigenvalue weighted by molar-refractivity contribution is 7.89. The number of hydrogen-bond donors (Lipinski definition) is 1. The SMILES string of the molecule is Cc1cc(S(=O)(=O)N2CCN(C)CC2)cc(CO)c1F. The molecule has 112 valence electrons. The lowest BCUT2D eigenvalue weighted by atomic mass is 10.1. The van der Waals surface area contributed by atoms with E-state index in [1.807, 2.05) is 7.05 Å². The standard InChI is InChI=1S/C13H19FN2O3S/c1-10-7-12(8-11(9-17)13(10)14)20(18,19)16-5-3-15(2)4-6-16/h7-8,17H,3-6,9H2,1-2H3. The summed E-state index contributed by atoms with van der Waals surface area (Å²) in [6, 6.07) is 2.54. The second-order valence-corrected chi connectivity index (χ2v) is 7.02. The first-order valence-corrected chi connectivity index (χ1v) is 7.89. The third kappa shape index (κ3) is 2.85. The van der Waals surface area contributed by atoms with Gasteiger partial charge in [0.2, 0.25) is 10.0 Å². The number of piperazine rings is 1. The van der Waals surface area contributed by atoms with Gasteiger partial charge in [-0.3, -0.25) is 0 Å². The highest BCUT2D eigenvalue weighted by atomic mass is 32.2. The molecule has 1 saturated heterocycles. The minimum absolute atomic E-state index is 0.0118. The maximum absolute atomic E-state index is 13.7. The Morgan fingerprint density at radius 3 is 2.40 bits per heavy atom. The van der Waals surface area contributed by atoms with E-state index in [1.165, 1.54) is 23.4 Å². The summed E-state index contributed by atoms with van der Waals surface area (Å²) in [4.78, 5) is 2.10. The topological polar surface area (TPSA) is 60.9 Å². The molecule has 2 rings (SSSR count). The zero-order valence-electron chi connectivity index (χ0n) is 11.6. The molecule has 0 radical (unpaired) electrons. The molecule has 0 aliphatic carbocycles. The van der Waals surface area contributed by atoms with Gasteiger partial charge in [0.25, 0.3) is 0 Å². The molecule has 0 saturated carbocycles. The lowest BCUT2D eigenvalue weighted by molar-refractivity contribution is 0.222. The van der Waals surface area contributed by atoms with E-state index in [0.29, 0.717) is 26.2 Å². The Bertz CT molecular complexity index is 596. The number of nitrogens with zero attached hydrogens (tertiary/aromatic N) is 2. The zero-order chi connectivity index (χ0) is 14.9. The fraction of sp³-hybridized carbons (Fsp3) is 0.538. The van der Waals surface area contributed by atoms with Crippen LogP contribution in [0.15, 0.2) is 17.0 Å². The second-order valence-electron chi connectivity index (χ2n) is 5.08. The molecule has 1 aliphatic heterocycles. The van der Waals surface area contributed by atoms with Gasteiger partial charge in [0.1, 0.15) is 5.82 Å². The number of sulfonamides is 1. The highest BCUT2D eigenvalue weighted by Crippen LogP contribution is 2.23. The van der Waals surface area contributed by atoms with Gasteiger partial charge in [0, 0.05) is 31.7 Å². The van der Waals surface area contributed by atoms with Gasteiger partial charge >= 0.3 is 0 Å².